The summed E-state index contributed by atoms with van der Waals surface area (Å²) in [6, 6.07) is 13.6. The Hall–Kier alpha value is -2.25. The zero-order valence-corrected chi connectivity index (χ0v) is 15.4. The third-order valence-corrected chi connectivity index (χ3v) is 4.67. The van der Waals surface area contributed by atoms with Crippen LogP contribution in [0.3, 0.4) is 0 Å². The summed E-state index contributed by atoms with van der Waals surface area (Å²) in [5.74, 6) is 0.0858. The minimum absolute atomic E-state index is 0.0858. The number of halogens is 3. The second kappa shape index (κ2) is 7.55. The molecule has 3 rings (SSSR count). The van der Waals surface area contributed by atoms with E-state index in [1.807, 2.05) is 12.1 Å². The van der Waals surface area contributed by atoms with Crippen molar-refractivity contribution in [3.63, 3.8) is 0 Å². The molecule has 8 heteroatoms. The second-order valence-electron chi connectivity index (χ2n) is 5.77. The van der Waals surface area contributed by atoms with Crippen molar-refractivity contribution in [2.24, 2.45) is 0 Å². The summed E-state index contributed by atoms with van der Waals surface area (Å²) in [4.78, 5) is 16.1. The first kappa shape index (κ1) is 18.5. The van der Waals surface area contributed by atoms with Crippen LogP contribution in [-0.4, -0.2) is 15.0 Å². The molecular formula is C18H15ClF2N2O2S. The van der Waals surface area contributed by atoms with E-state index in [0.717, 1.165) is 11.1 Å². The van der Waals surface area contributed by atoms with Crippen molar-refractivity contribution in [3.8, 4) is 5.75 Å². The van der Waals surface area contributed by atoms with E-state index in [2.05, 4.69) is 9.72 Å². The number of rotatable bonds is 6. The molecule has 0 amide bonds. The van der Waals surface area contributed by atoms with Crippen LogP contribution in [-0.2, 0) is 13.0 Å². The maximum absolute atomic E-state index is 12.8. The molecular weight excluding hydrogens is 382 g/mol. The first-order valence-corrected chi connectivity index (χ1v) is 8.91. The van der Waals surface area contributed by atoms with Crippen LogP contribution in [0.1, 0.15) is 23.1 Å². The van der Waals surface area contributed by atoms with Crippen molar-refractivity contribution in [1.29, 1.82) is 0 Å². The van der Waals surface area contributed by atoms with E-state index in [0.29, 0.717) is 29.9 Å². The summed E-state index contributed by atoms with van der Waals surface area (Å²) in [5, 5.41) is 1.29. The van der Waals surface area contributed by atoms with Gasteiger partial charge in [-0.05, 0) is 46.9 Å². The molecule has 0 spiro atoms. The molecule has 0 unspecified atom stereocenters. The lowest BCUT2D eigenvalue weighted by Gasteiger charge is -2.12. The van der Waals surface area contributed by atoms with Crippen LogP contribution in [0.15, 0.2) is 53.3 Å². The lowest BCUT2D eigenvalue weighted by molar-refractivity contribution is -0.158. The van der Waals surface area contributed by atoms with Crippen molar-refractivity contribution in [3.05, 3.63) is 80.2 Å². The van der Waals surface area contributed by atoms with Gasteiger partial charge in [0.1, 0.15) is 10.8 Å². The van der Waals surface area contributed by atoms with Gasteiger partial charge in [0.15, 0.2) is 0 Å². The molecule has 0 bridgehead atoms. The lowest BCUT2D eigenvalue weighted by atomic mass is 10.1. The highest BCUT2D eigenvalue weighted by atomic mass is 35.5. The van der Waals surface area contributed by atoms with Gasteiger partial charge in [0.25, 0.3) is 0 Å². The van der Waals surface area contributed by atoms with Crippen LogP contribution >= 0.6 is 23.1 Å². The molecule has 0 aliphatic carbocycles. The standard InChI is InChI=1S/C18H15ClF2N2O2S/c1-18(20,21)25-15-8-4-12(5-9-15)10-16-22-17(24)23(26-16)11-13-2-6-14(19)7-3-13/h2-9H,10-11H2,1H3. The van der Waals surface area contributed by atoms with Crippen molar-refractivity contribution in [2.45, 2.75) is 26.0 Å². The largest absolute Gasteiger partial charge is 0.433 e. The van der Waals surface area contributed by atoms with Crippen molar-refractivity contribution >= 4 is 23.1 Å². The maximum atomic E-state index is 12.8. The van der Waals surface area contributed by atoms with E-state index in [1.165, 1.54) is 23.7 Å². The molecule has 1 aromatic heterocycles. The molecule has 0 aliphatic rings. The Bertz CT molecular complexity index is 932. The van der Waals surface area contributed by atoms with Gasteiger partial charge in [-0.25, -0.2) is 8.75 Å². The number of ether oxygens (including phenoxy) is 1. The number of aromatic nitrogens is 2. The third-order valence-electron chi connectivity index (χ3n) is 3.46. The molecule has 136 valence electrons. The Morgan fingerprint density at radius 1 is 1.12 bits per heavy atom. The lowest BCUT2D eigenvalue weighted by Crippen LogP contribution is -2.18. The minimum Gasteiger partial charge on any atom is -0.433 e. The molecule has 0 atom stereocenters. The Balaban J connectivity index is 1.69. The van der Waals surface area contributed by atoms with Gasteiger partial charge in [0, 0.05) is 18.4 Å². The minimum atomic E-state index is -3.22. The molecule has 2 aromatic carbocycles. The van der Waals surface area contributed by atoms with Gasteiger partial charge in [0.05, 0.1) is 6.54 Å². The van der Waals surface area contributed by atoms with E-state index in [1.54, 1.807) is 28.2 Å². The SMILES string of the molecule is CC(F)(F)Oc1ccc(Cc2nc(=O)n(Cc3ccc(Cl)cc3)s2)cc1. The van der Waals surface area contributed by atoms with Gasteiger partial charge in [-0.2, -0.15) is 13.8 Å². The third kappa shape index (κ3) is 5.12. The van der Waals surface area contributed by atoms with Gasteiger partial charge in [-0.15, -0.1) is 0 Å². The topological polar surface area (TPSA) is 44.1 Å². The van der Waals surface area contributed by atoms with E-state index < -0.39 is 6.11 Å². The fraction of sp³-hybridized carbons (Fsp3) is 0.222. The Morgan fingerprint density at radius 3 is 2.35 bits per heavy atom. The van der Waals surface area contributed by atoms with Gasteiger partial charge >= 0.3 is 11.8 Å². The first-order chi connectivity index (χ1) is 12.3. The van der Waals surface area contributed by atoms with Gasteiger partial charge < -0.3 is 4.74 Å². The summed E-state index contributed by atoms with van der Waals surface area (Å²) >= 11 is 7.13. The molecule has 26 heavy (non-hydrogen) atoms. The van der Waals surface area contributed by atoms with Crippen LogP contribution in [0.4, 0.5) is 8.78 Å². The molecule has 0 saturated carbocycles. The molecule has 0 fully saturated rings. The van der Waals surface area contributed by atoms with Crippen LogP contribution in [0.5, 0.6) is 5.75 Å². The molecule has 4 nitrogen and oxygen atoms in total. The van der Waals surface area contributed by atoms with Gasteiger partial charge in [0.2, 0.25) is 0 Å². The van der Waals surface area contributed by atoms with Crippen molar-refractivity contribution in [2.75, 3.05) is 0 Å². The normalized spacial score (nSPS) is 11.5. The van der Waals surface area contributed by atoms with Crippen LogP contribution in [0.25, 0.3) is 0 Å². The summed E-state index contributed by atoms with van der Waals surface area (Å²) in [5.41, 5.74) is 1.49. The molecule has 1 heterocycles. The number of alkyl halides is 2. The molecule has 0 N–H and O–H groups in total. The van der Waals surface area contributed by atoms with Gasteiger partial charge in [-0.1, -0.05) is 35.9 Å². The summed E-state index contributed by atoms with van der Waals surface area (Å²) in [6.07, 6.45) is -2.78. The summed E-state index contributed by atoms with van der Waals surface area (Å²) in [7, 11) is 0. The Labute approximate surface area is 157 Å². The zero-order valence-electron chi connectivity index (χ0n) is 13.8. The van der Waals surface area contributed by atoms with Crippen molar-refractivity contribution in [1.82, 2.24) is 8.94 Å². The predicted octanol–water partition coefficient (Wildman–Crippen LogP) is 4.59. The maximum Gasteiger partial charge on any atom is 0.394 e. The average molecular weight is 397 g/mol. The number of benzene rings is 2. The highest BCUT2D eigenvalue weighted by Gasteiger charge is 2.22. The quantitative estimate of drug-likeness (QED) is 0.612. The van der Waals surface area contributed by atoms with Crippen LogP contribution < -0.4 is 10.4 Å². The van der Waals surface area contributed by atoms with E-state index in [-0.39, 0.29) is 11.4 Å². The second-order valence-corrected chi connectivity index (χ2v) is 7.30. The molecule has 0 aliphatic heterocycles. The van der Waals surface area contributed by atoms with Crippen molar-refractivity contribution < 1.29 is 13.5 Å². The Morgan fingerprint density at radius 2 is 1.73 bits per heavy atom. The molecule has 0 saturated heterocycles. The fourth-order valence-corrected chi connectivity index (χ4v) is 3.40. The summed E-state index contributed by atoms with van der Waals surface area (Å²) in [6.45, 7) is 1.11. The molecule has 0 radical (unpaired) electrons. The highest BCUT2D eigenvalue weighted by Crippen LogP contribution is 2.22. The first-order valence-electron chi connectivity index (χ1n) is 7.76. The van der Waals surface area contributed by atoms with Crippen LogP contribution in [0.2, 0.25) is 5.02 Å². The molecule has 3 aromatic rings. The number of hydrogen-bond donors (Lipinski definition) is 0. The predicted molar refractivity (Wildman–Crippen MR) is 97.4 cm³/mol. The van der Waals surface area contributed by atoms with Crippen LogP contribution in [0, 0.1) is 0 Å². The fourth-order valence-electron chi connectivity index (χ4n) is 2.33. The van der Waals surface area contributed by atoms with E-state index in [9.17, 15) is 13.6 Å². The van der Waals surface area contributed by atoms with Gasteiger partial charge in [-0.3, -0.25) is 0 Å². The average Bonchev–Trinajstić information content (AvgIpc) is 2.89. The van der Waals surface area contributed by atoms with E-state index in [4.69, 9.17) is 11.6 Å². The number of nitrogens with zero attached hydrogens (tertiary/aromatic N) is 2. The number of hydrogen-bond acceptors (Lipinski definition) is 4. The smallest absolute Gasteiger partial charge is 0.394 e. The zero-order chi connectivity index (χ0) is 18.7. The summed E-state index contributed by atoms with van der Waals surface area (Å²) < 4.78 is 31.7. The monoisotopic (exact) mass is 396 g/mol. The highest BCUT2D eigenvalue weighted by molar-refractivity contribution is 7.06. The Kier molecular flexibility index (Phi) is 5.38. The van der Waals surface area contributed by atoms with E-state index >= 15 is 0 Å².